The van der Waals surface area contributed by atoms with Crippen LogP contribution in [0.1, 0.15) is 46.9 Å². The molecule has 122 valence electrons. The van der Waals surface area contributed by atoms with Crippen LogP contribution in [0.4, 0.5) is 9.93 Å². The average molecular weight is 327 g/mol. The topological polar surface area (TPSA) is 90.4 Å². The van der Waals surface area contributed by atoms with Crippen molar-refractivity contribution in [1.29, 1.82) is 0 Å². The Morgan fingerprint density at radius 2 is 2.00 bits per heavy atom. The minimum absolute atomic E-state index is 0.233. The van der Waals surface area contributed by atoms with Gasteiger partial charge in [-0.15, -0.1) is 0 Å². The van der Waals surface area contributed by atoms with Gasteiger partial charge in [-0.25, -0.2) is 9.59 Å². The van der Waals surface area contributed by atoms with Crippen LogP contribution in [0, 0.1) is 0 Å². The quantitative estimate of drug-likeness (QED) is 0.659. The molecule has 7 nitrogen and oxygen atoms in total. The van der Waals surface area contributed by atoms with Gasteiger partial charge in [0.25, 0.3) is 0 Å². The molecule has 1 aromatic rings. The molecule has 0 aliphatic heterocycles. The van der Waals surface area contributed by atoms with Crippen molar-refractivity contribution >= 4 is 34.3 Å². The normalized spacial score (nSPS) is 12.0. The lowest BCUT2D eigenvalue weighted by molar-refractivity contribution is -0.136. The predicted octanol–water partition coefficient (Wildman–Crippen LogP) is 3.24. The third-order valence-corrected chi connectivity index (χ3v) is 2.81. The van der Waals surface area contributed by atoms with Crippen LogP contribution in [0.2, 0.25) is 0 Å². The molecule has 0 aromatic carbocycles. The lowest BCUT2D eigenvalue weighted by atomic mass is 10.2. The Bertz CT molecular complexity index is 561. The molecule has 0 saturated heterocycles. The van der Waals surface area contributed by atoms with Gasteiger partial charge in [0.2, 0.25) is 5.13 Å². The van der Waals surface area contributed by atoms with Crippen LogP contribution in [0.25, 0.3) is 5.57 Å². The molecule has 0 saturated carbocycles. The van der Waals surface area contributed by atoms with E-state index in [4.69, 9.17) is 9.47 Å². The second-order valence-electron chi connectivity index (χ2n) is 5.30. The zero-order valence-corrected chi connectivity index (χ0v) is 14.2. The molecule has 0 radical (unpaired) electrons. The number of carbonyl (C=O) groups is 2. The first-order chi connectivity index (χ1) is 10.3. The van der Waals surface area contributed by atoms with Gasteiger partial charge in [-0.3, -0.25) is 5.32 Å². The van der Waals surface area contributed by atoms with E-state index in [1.807, 2.05) is 6.92 Å². The van der Waals surface area contributed by atoms with Gasteiger partial charge in [-0.1, -0.05) is 13.0 Å². The van der Waals surface area contributed by atoms with Crippen molar-refractivity contribution < 1.29 is 19.1 Å². The largest absolute Gasteiger partial charge is 0.462 e. The molecule has 0 fully saturated rings. The van der Waals surface area contributed by atoms with Gasteiger partial charge in [0.15, 0.2) is 5.82 Å². The van der Waals surface area contributed by atoms with Gasteiger partial charge >= 0.3 is 12.1 Å². The van der Waals surface area contributed by atoms with E-state index in [-0.39, 0.29) is 23.1 Å². The lowest BCUT2D eigenvalue weighted by Gasteiger charge is -2.18. The molecule has 0 bridgehead atoms. The Labute approximate surface area is 133 Å². The number of amides is 1. The minimum atomic E-state index is -0.618. The Morgan fingerprint density at radius 3 is 2.55 bits per heavy atom. The summed E-state index contributed by atoms with van der Waals surface area (Å²) in [4.78, 5) is 27.7. The molecule has 8 heteroatoms. The minimum Gasteiger partial charge on any atom is -0.462 e. The van der Waals surface area contributed by atoms with Gasteiger partial charge < -0.3 is 9.47 Å². The Kier molecular flexibility index (Phi) is 6.48. The number of ether oxygens (including phenoxy) is 2. The van der Waals surface area contributed by atoms with Crippen molar-refractivity contribution in [3.63, 3.8) is 0 Å². The van der Waals surface area contributed by atoms with Crippen molar-refractivity contribution in [2.45, 2.75) is 46.6 Å². The van der Waals surface area contributed by atoms with E-state index in [1.165, 1.54) is 0 Å². The Hall–Kier alpha value is -1.96. The summed E-state index contributed by atoms with van der Waals surface area (Å²) >= 11 is 0.972. The molecule has 1 N–H and O–H groups in total. The molecule has 22 heavy (non-hydrogen) atoms. The fourth-order valence-electron chi connectivity index (χ4n) is 1.45. The van der Waals surface area contributed by atoms with Gasteiger partial charge in [0.05, 0.1) is 6.61 Å². The molecular weight excluding hydrogens is 306 g/mol. The molecule has 1 rings (SSSR count). The van der Waals surface area contributed by atoms with E-state index in [0.29, 0.717) is 6.42 Å². The molecule has 0 aliphatic carbocycles. The van der Waals surface area contributed by atoms with E-state index >= 15 is 0 Å². The highest BCUT2D eigenvalue weighted by Crippen LogP contribution is 2.20. The first-order valence-corrected chi connectivity index (χ1v) is 7.75. The van der Waals surface area contributed by atoms with E-state index in [0.717, 1.165) is 11.5 Å². The van der Waals surface area contributed by atoms with Gasteiger partial charge in [-0.2, -0.15) is 9.36 Å². The summed E-state index contributed by atoms with van der Waals surface area (Å²) in [6.45, 7) is 9.19. The van der Waals surface area contributed by atoms with Crippen LogP contribution in [-0.4, -0.2) is 33.6 Å². The number of anilines is 1. The standard InChI is InChI=1S/C14H21N3O4S/c1-6-8-9(11(18)20-7-2)10-15-12(22-17-10)16-13(19)21-14(3,4)5/h8H,6-7H2,1-5H3,(H,15,16,17,19)/b9-8+. The smallest absolute Gasteiger partial charge is 0.414 e. The number of rotatable bonds is 5. The maximum absolute atomic E-state index is 11.9. The lowest BCUT2D eigenvalue weighted by Crippen LogP contribution is -2.27. The van der Waals surface area contributed by atoms with Crippen molar-refractivity contribution in [1.82, 2.24) is 9.36 Å². The number of esters is 1. The summed E-state index contributed by atoms with van der Waals surface area (Å²) < 4.78 is 14.2. The summed E-state index contributed by atoms with van der Waals surface area (Å²) in [5.74, 6) is -0.248. The maximum atomic E-state index is 11.9. The van der Waals surface area contributed by atoms with Crippen molar-refractivity contribution in [2.24, 2.45) is 0 Å². The van der Waals surface area contributed by atoms with Crippen molar-refractivity contribution in [2.75, 3.05) is 11.9 Å². The predicted molar refractivity (Wildman–Crippen MR) is 84.7 cm³/mol. The summed E-state index contributed by atoms with van der Waals surface area (Å²) in [5.41, 5.74) is -0.312. The van der Waals surface area contributed by atoms with Crippen LogP contribution < -0.4 is 5.32 Å². The fraction of sp³-hybridized carbons (Fsp3) is 0.571. The number of nitrogens with one attached hydrogen (secondary N) is 1. The van der Waals surface area contributed by atoms with Gasteiger partial charge in [-0.05, 0) is 34.1 Å². The van der Waals surface area contributed by atoms with Crippen LogP contribution >= 0.6 is 11.5 Å². The third-order valence-electron chi connectivity index (χ3n) is 2.18. The Morgan fingerprint density at radius 1 is 1.32 bits per heavy atom. The van der Waals surface area contributed by atoms with Crippen molar-refractivity contribution in [3.05, 3.63) is 11.9 Å². The number of allylic oxidation sites excluding steroid dienone is 1. The van der Waals surface area contributed by atoms with E-state index in [1.54, 1.807) is 33.8 Å². The van der Waals surface area contributed by atoms with E-state index < -0.39 is 17.7 Å². The summed E-state index contributed by atoms with van der Waals surface area (Å²) in [5, 5.41) is 2.75. The molecule has 0 spiro atoms. The first-order valence-electron chi connectivity index (χ1n) is 6.98. The number of hydrogen-bond acceptors (Lipinski definition) is 7. The number of nitrogens with zero attached hydrogens (tertiary/aromatic N) is 2. The summed E-state index contributed by atoms with van der Waals surface area (Å²) in [6.07, 6.45) is 1.71. The van der Waals surface area contributed by atoms with Gasteiger partial charge in [0, 0.05) is 11.5 Å². The highest BCUT2D eigenvalue weighted by molar-refractivity contribution is 7.10. The average Bonchev–Trinajstić information content (AvgIpc) is 2.81. The molecule has 0 aliphatic rings. The van der Waals surface area contributed by atoms with Crippen molar-refractivity contribution in [3.8, 4) is 0 Å². The van der Waals surface area contributed by atoms with Crippen LogP contribution in [0.5, 0.6) is 0 Å². The van der Waals surface area contributed by atoms with Gasteiger partial charge in [0.1, 0.15) is 11.2 Å². The highest BCUT2D eigenvalue weighted by atomic mass is 32.1. The molecule has 1 heterocycles. The second kappa shape index (κ2) is 7.88. The molecule has 1 amide bonds. The van der Waals surface area contributed by atoms with Crippen LogP contribution in [-0.2, 0) is 14.3 Å². The SMILES string of the molecule is CC/C=C(/C(=O)OCC)c1nsc(NC(=O)OC(C)(C)C)n1. The number of carbonyl (C=O) groups excluding carboxylic acids is 2. The van der Waals surface area contributed by atoms with E-state index in [9.17, 15) is 9.59 Å². The number of hydrogen-bond donors (Lipinski definition) is 1. The Balaban J connectivity index is 2.83. The molecule has 0 atom stereocenters. The van der Waals surface area contributed by atoms with Crippen LogP contribution in [0.15, 0.2) is 6.08 Å². The van der Waals surface area contributed by atoms with Crippen LogP contribution in [0.3, 0.4) is 0 Å². The first kappa shape index (κ1) is 18.1. The fourth-order valence-corrected chi connectivity index (χ4v) is 2.02. The monoisotopic (exact) mass is 327 g/mol. The second-order valence-corrected chi connectivity index (χ2v) is 6.05. The zero-order chi connectivity index (χ0) is 16.8. The molecule has 0 unspecified atom stereocenters. The zero-order valence-electron chi connectivity index (χ0n) is 13.4. The molecule has 1 aromatic heterocycles. The maximum Gasteiger partial charge on any atom is 0.414 e. The highest BCUT2D eigenvalue weighted by Gasteiger charge is 2.20. The third kappa shape index (κ3) is 5.80. The van der Waals surface area contributed by atoms with E-state index in [2.05, 4.69) is 14.7 Å². The molecular formula is C14H21N3O4S. The summed E-state index contributed by atoms with van der Waals surface area (Å²) in [6, 6.07) is 0. The summed E-state index contributed by atoms with van der Waals surface area (Å²) in [7, 11) is 0. The number of aromatic nitrogens is 2.